The van der Waals surface area contributed by atoms with Crippen molar-refractivity contribution in [2.75, 3.05) is 26.0 Å². The van der Waals surface area contributed by atoms with Gasteiger partial charge >= 0.3 is 0 Å². The van der Waals surface area contributed by atoms with Crippen LogP contribution in [0.4, 0.5) is 0 Å². The minimum absolute atomic E-state index is 0.207. The van der Waals surface area contributed by atoms with Gasteiger partial charge in [0, 0.05) is 10.7 Å². The van der Waals surface area contributed by atoms with E-state index in [0.29, 0.717) is 0 Å². The molecule has 0 radical (unpaired) electrons. The molecule has 0 amide bonds. The van der Waals surface area contributed by atoms with Crippen LogP contribution in [0.25, 0.3) is 11.1 Å². The number of rotatable bonds is 13. The molecule has 0 atom stereocenters. The third kappa shape index (κ3) is 6.02. The molecule has 1 aliphatic carbocycles. The predicted octanol–water partition coefficient (Wildman–Crippen LogP) is 8.43. The van der Waals surface area contributed by atoms with E-state index in [1.54, 1.807) is 11.1 Å². The second-order valence-corrected chi connectivity index (χ2v) is 10.8. The van der Waals surface area contributed by atoms with E-state index in [1.807, 2.05) is 0 Å². The molecule has 2 heteroatoms. The second kappa shape index (κ2) is 11.7. The highest BCUT2D eigenvalue weighted by Crippen LogP contribution is 2.54. The van der Waals surface area contributed by atoms with Gasteiger partial charge in [-0.25, -0.2) is 0 Å². The van der Waals surface area contributed by atoms with Gasteiger partial charge < -0.3 is 4.90 Å². The number of hydrogen-bond acceptors (Lipinski definition) is 1. The van der Waals surface area contributed by atoms with Crippen molar-refractivity contribution in [1.82, 2.24) is 4.90 Å². The summed E-state index contributed by atoms with van der Waals surface area (Å²) >= 11 is 3.60. The Hall–Kier alpha value is -1.12. The van der Waals surface area contributed by atoms with Gasteiger partial charge in [0.25, 0.3) is 0 Å². The van der Waals surface area contributed by atoms with Crippen LogP contribution in [0, 0.1) is 13.8 Å². The smallest absolute Gasteiger partial charge is 0.0215 e. The molecule has 2 aromatic rings. The lowest BCUT2D eigenvalue weighted by Crippen LogP contribution is -2.26. The van der Waals surface area contributed by atoms with E-state index in [-0.39, 0.29) is 5.41 Å². The zero-order valence-electron chi connectivity index (χ0n) is 20.3. The standard InChI is InChI=1S/C29H42BrN/c1-23-13-15-25-26-16-14-24(2)22-28(26)29(27(25)21-23,17-9-5-7-11-19-30)18-10-6-8-12-20-31(3)4/h13-16,21-22H,5-12,17-20H2,1-4H3. The Labute approximate surface area is 199 Å². The fraction of sp³-hybridized carbons (Fsp3) is 0.586. The Morgan fingerprint density at radius 1 is 0.677 bits per heavy atom. The van der Waals surface area contributed by atoms with Crippen LogP contribution in [-0.2, 0) is 5.41 Å². The Morgan fingerprint density at radius 2 is 1.16 bits per heavy atom. The first-order valence-electron chi connectivity index (χ1n) is 12.4. The van der Waals surface area contributed by atoms with Crippen molar-refractivity contribution in [3.63, 3.8) is 0 Å². The number of nitrogens with zero attached hydrogens (tertiary/aromatic N) is 1. The molecule has 3 rings (SSSR count). The van der Waals surface area contributed by atoms with E-state index in [4.69, 9.17) is 0 Å². The molecule has 0 saturated heterocycles. The highest BCUT2D eigenvalue weighted by molar-refractivity contribution is 9.09. The normalized spacial score (nSPS) is 14.1. The average molecular weight is 485 g/mol. The van der Waals surface area contributed by atoms with Crippen LogP contribution < -0.4 is 0 Å². The Balaban J connectivity index is 1.85. The summed E-state index contributed by atoms with van der Waals surface area (Å²) in [5.41, 5.74) is 9.22. The zero-order chi connectivity index (χ0) is 22.3. The molecule has 1 nitrogen and oxygen atoms in total. The second-order valence-electron chi connectivity index (χ2n) is 10.0. The van der Waals surface area contributed by atoms with Crippen LogP contribution in [0.3, 0.4) is 0 Å². The first kappa shape index (κ1) is 24.5. The Bertz CT molecular complexity index is 787. The lowest BCUT2D eigenvalue weighted by molar-refractivity contribution is 0.375. The molecule has 0 saturated carbocycles. The number of alkyl halides is 1. The molecule has 1 aliphatic rings. The van der Waals surface area contributed by atoms with Gasteiger partial charge in [-0.3, -0.25) is 0 Å². The molecule has 31 heavy (non-hydrogen) atoms. The fourth-order valence-corrected chi connectivity index (χ4v) is 5.87. The SMILES string of the molecule is Cc1ccc2c(c1)C(CCCCCCBr)(CCCCCCN(C)C)c1cc(C)ccc1-2. The molecule has 0 bridgehead atoms. The van der Waals surface area contributed by atoms with E-state index < -0.39 is 0 Å². The molecule has 0 fully saturated rings. The van der Waals surface area contributed by atoms with E-state index in [1.165, 1.54) is 93.0 Å². The van der Waals surface area contributed by atoms with E-state index in [9.17, 15) is 0 Å². The summed E-state index contributed by atoms with van der Waals surface area (Å²) in [6.45, 7) is 5.73. The lowest BCUT2D eigenvalue weighted by Gasteiger charge is -2.33. The van der Waals surface area contributed by atoms with E-state index >= 15 is 0 Å². The van der Waals surface area contributed by atoms with Crippen LogP contribution in [0.15, 0.2) is 36.4 Å². The van der Waals surface area contributed by atoms with Gasteiger partial charge in [0.1, 0.15) is 0 Å². The van der Waals surface area contributed by atoms with Crippen LogP contribution in [0.2, 0.25) is 0 Å². The first-order valence-corrected chi connectivity index (χ1v) is 13.5. The summed E-state index contributed by atoms with van der Waals surface area (Å²) in [5.74, 6) is 0. The van der Waals surface area contributed by atoms with Gasteiger partial charge in [-0.2, -0.15) is 0 Å². The number of fused-ring (bicyclic) bond motifs is 3. The highest BCUT2D eigenvalue weighted by atomic mass is 79.9. The summed E-state index contributed by atoms with van der Waals surface area (Å²) < 4.78 is 0. The molecule has 0 heterocycles. The van der Waals surface area contributed by atoms with Gasteiger partial charge in [0.05, 0.1) is 0 Å². The summed E-state index contributed by atoms with van der Waals surface area (Å²) in [5, 5.41) is 1.13. The molecule has 0 aromatic heterocycles. The van der Waals surface area contributed by atoms with E-state index in [2.05, 4.69) is 85.2 Å². The Kier molecular flexibility index (Phi) is 9.22. The van der Waals surface area contributed by atoms with Gasteiger partial charge in [-0.05, 0) is 82.4 Å². The fourth-order valence-electron chi connectivity index (χ4n) is 5.47. The van der Waals surface area contributed by atoms with Crippen LogP contribution in [0.1, 0.15) is 86.5 Å². The summed E-state index contributed by atoms with van der Waals surface area (Å²) in [4.78, 5) is 2.31. The minimum Gasteiger partial charge on any atom is -0.309 e. The highest BCUT2D eigenvalue weighted by Gasteiger charge is 2.42. The lowest BCUT2D eigenvalue weighted by atomic mass is 9.70. The number of halogens is 1. The first-order chi connectivity index (χ1) is 15.0. The van der Waals surface area contributed by atoms with E-state index in [0.717, 1.165) is 5.33 Å². The van der Waals surface area contributed by atoms with Crippen LogP contribution in [-0.4, -0.2) is 30.9 Å². The molecule has 170 valence electrons. The topological polar surface area (TPSA) is 3.24 Å². The van der Waals surface area contributed by atoms with Gasteiger partial charge in [0.15, 0.2) is 0 Å². The minimum atomic E-state index is 0.207. The summed E-state index contributed by atoms with van der Waals surface area (Å²) in [6.07, 6.45) is 13.2. The van der Waals surface area contributed by atoms with Gasteiger partial charge in [0.2, 0.25) is 0 Å². The molecular weight excluding hydrogens is 442 g/mol. The average Bonchev–Trinajstić information content (AvgIpc) is 2.99. The van der Waals surface area contributed by atoms with Crippen molar-refractivity contribution in [1.29, 1.82) is 0 Å². The third-order valence-electron chi connectivity index (χ3n) is 7.12. The maximum atomic E-state index is 3.60. The number of aryl methyl sites for hydroxylation is 2. The molecule has 0 unspecified atom stereocenters. The molecule has 0 N–H and O–H groups in total. The maximum Gasteiger partial charge on any atom is 0.0215 e. The zero-order valence-corrected chi connectivity index (χ0v) is 21.9. The molecular formula is C29H42BrN. The summed E-state index contributed by atoms with van der Waals surface area (Å²) in [7, 11) is 4.36. The third-order valence-corrected chi connectivity index (χ3v) is 7.68. The van der Waals surface area contributed by atoms with Gasteiger partial charge in [-0.15, -0.1) is 0 Å². The van der Waals surface area contributed by atoms with Crippen molar-refractivity contribution in [3.8, 4) is 11.1 Å². The van der Waals surface area contributed by atoms with Crippen LogP contribution >= 0.6 is 15.9 Å². The van der Waals surface area contributed by atoms with Crippen molar-refractivity contribution in [2.45, 2.75) is 83.5 Å². The summed E-state index contributed by atoms with van der Waals surface area (Å²) in [6, 6.07) is 14.4. The number of hydrogen-bond donors (Lipinski definition) is 0. The number of unbranched alkanes of at least 4 members (excludes halogenated alkanes) is 6. The Morgan fingerprint density at radius 3 is 1.65 bits per heavy atom. The quantitative estimate of drug-likeness (QED) is 0.204. The number of benzene rings is 2. The van der Waals surface area contributed by atoms with Crippen molar-refractivity contribution in [3.05, 3.63) is 58.7 Å². The van der Waals surface area contributed by atoms with Crippen molar-refractivity contribution < 1.29 is 0 Å². The largest absolute Gasteiger partial charge is 0.309 e. The maximum absolute atomic E-state index is 3.60. The van der Waals surface area contributed by atoms with Crippen molar-refractivity contribution in [2.24, 2.45) is 0 Å². The van der Waals surface area contributed by atoms with Crippen LogP contribution in [0.5, 0.6) is 0 Å². The molecule has 0 spiro atoms. The van der Waals surface area contributed by atoms with Crippen molar-refractivity contribution >= 4 is 15.9 Å². The molecule has 2 aromatic carbocycles. The monoisotopic (exact) mass is 483 g/mol. The van der Waals surface area contributed by atoms with Gasteiger partial charge in [-0.1, -0.05) is 102 Å². The predicted molar refractivity (Wildman–Crippen MR) is 141 cm³/mol. The molecule has 0 aliphatic heterocycles.